The summed E-state index contributed by atoms with van der Waals surface area (Å²) in [5, 5.41) is 5.05. The monoisotopic (exact) mass is 441 g/mol. The van der Waals surface area contributed by atoms with Crippen molar-refractivity contribution in [1.82, 2.24) is 19.9 Å². The fourth-order valence-electron chi connectivity index (χ4n) is 3.74. The summed E-state index contributed by atoms with van der Waals surface area (Å²) >= 11 is 1.45. The van der Waals surface area contributed by atoms with Gasteiger partial charge in [0.15, 0.2) is 5.78 Å². The Labute approximate surface area is 183 Å². The number of thiophene rings is 1. The van der Waals surface area contributed by atoms with E-state index in [4.69, 9.17) is 0 Å². The number of nitrogens with one attached hydrogen (secondary N) is 1. The van der Waals surface area contributed by atoms with Crippen molar-refractivity contribution in [2.75, 3.05) is 18.4 Å². The van der Waals surface area contributed by atoms with Crippen molar-refractivity contribution in [3.05, 3.63) is 47.0 Å². The Morgan fingerprint density at radius 1 is 1.32 bits per heavy atom. The summed E-state index contributed by atoms with van der Waals surface area (Å²) in [5.41, 5.74) is 1.81. The van der Waals surface area contributed by atoms with Crippen molar-refractivity contribution in [3.8, 4) is 0 Å². The highest BCUT2D eigenvalue weighted by Gasteiger charge is 2.28. The van der Waals surface area contributed by atoms with Crippen LogP contribution in [0.1, 0.15) is 55.2 Å². The molecule has 3 aromatic rings. The fraction of sp³-hybridized carbons (Fsp3) is 0.409. The molecule has 1 aliphatic heterocycles. The third-order valence-corrected chi connectivity index (χ3v) is 6.47. The summed E-state index contributed by atoms with van der Waals surface area (Å²) in [6.45, 7) is 5.01. The molecule has 4 rings (SSSR count). The van der Waals surface area contributed by atoms with E-state index in [-0.39, 0.29) is 17.7 Å². The molecule has 9 heteroatoms. The van der Waals surface area contributed by atoms with Gasteiger partial charge in [-0.2, -0.15) is 0 Å². The van der Waals surface area contributed by atoms with E-state index in [2.05, 4.69) is 20.3 Å². The predicted octanol–water partition coefficient (Wildman–Crippen LogP) is 4.23. The van der Waals surface area contributed by atoms with Crippen LogP contribution in [0.25, 0.3) is 10.2 Å². The van der Waals surface area contributed by atoms with Crippen LogP contribution in [0.3, 0.4) is 0 Å². The van der Waals surface area contributed by atoms with Crippen LogP contribution in [0.4, 0.5) is 10.3 Å². The van der Waals surface area contributed by atoms with Crippen molar-refractivity contribution < 1.29 is 14.0 Å². The van der Waals surface area contributed by atoms with E-state index in [0.29, 0.717) is 35.1 Å². The number of ketones is 1. The number of fused-ring (bicyclic) bond motifs is 1. The lowest BCUT2D eigenvalue weighted by atomic mass is 9.93. The minimum atomic E-state index is -0.408. The molecule has 0 spiro atoms. The van der Waals surface area contributed by atoms with Gasteiger partial charge in [-0.25, -0.2) is 14.4 Å². The number of hydrogen-bond donors (Lipinski definition) is 1. The average Bonchev–Trinajstić information content (AvgIpc) is 3.17. The highest BCUT2D eigenvalue weighted by molar-refractivity contribution is 7.17. The van der Waals surface area contributed by atoms with Gasteiger partial charge in [0.1, 0.15) is 11.5 Å². The zero-order valence-electron chi connectivity index (χ0n) is 17.5. The van der Waals surface area contributed by atoms with Gasteiger partial charge in [-0.3, -0.25) is 14.6 Å². The molecule has 0 radical (unpaired) electrons. The van der Waals surface area contributed by atoms with Crippen molar-refractivity contribution in [2.24, 2.45) is 5.92 Å². The second-order valence-electron chi connectivity index (χ2n) is 7.94. The molecular weight excluding hydrogens is 417 g/mol. The number of hydrogen-bond acceptors (Lipinski definition) is 7. The molecular formula is C22H24FN5O2S. The van der Waals surface area contributed by atoms with E-state index in [0.717, 1.165) is 36.8 Å². The van der Waals surface area contributed by atoms with Crippen molar-refractivity contribution in [1.29, 1.82) is 0 Å². The molecule has 31 heavy (non-hydrogen) atoms. The number of carbonyl (C=O) groups excluding carboxylic acids is 2. The summed E-state index contributed by atoms with van der Waals surface area (Å²) in [6, 6.07) is 3.00. The van der Waals surface area contributed by atoms with Crippen LogP contribution in [0.2, 0.25) is 0 Å². The Morgan fingerprint density at radius 3 is 2.87 bits per heavy atom. The first-order chi connectivity index (χ1) is 14.9. The van der Waals surface area contributed by atoms with Crippen LogP contribution in [-0.4, -0.2) is 44.6 Å². The second-order valence-corrected chi connectivity index (χ2v) is 8.85. The molecule has 1 fully saturated rings. The molecule has 0 bridgehead atoms. The topological polar surface area (TPSA) is 88.1 Å². The number of halogens is 1. The van der Waals surface area contributed by atoms with Gasteiger partial charge in [0.25, 0.3) is 0 Å². The quantitative estimate of drug-likeness (QED) is 0.527. The maximum absolute atomic E-state index is 13.5. The standard InChI is InChI=1S/C22H24FN5O2S/c1-13(16-8-17(23)10-24-9-16)25-22-26-18-6-7-31-21(18)20(27-22)19(30)5-3-4-15-11-28(12-15)14(2)29/h6-10,13,15H,3-5,11-12H2,1-2H3,(H,25,26,27)/t13-/m0/s1. The highest BCUT2D eigenvalue weighted by atomic mass is 32.1. The molecule has 0 unspecified atom stereocenters. The summed E-state index contributed by atoms with van der Waals surface area (Å²) in [4.78, 5) is 38.9. The third kappa shape index (κ3) is 4.87. The lowest BCUT2D eigenvalue weighted by Crippen LogP contribution is -2.48. The number of likely N-dealkylation sites (tertiary alicyclic amines) is 1. The molecule has 1 amide bonds. The molecule has 3 aromatic heterocycles. The Morgan fingerprint density at radius 2 is 2.13 bits per heavy atom. The van der Waals surface area contributed by atoms with Gasteiger partial charge in [0.05, 0.1) is 22.5 Å². The minimum absolute atomic E-state index is 0.0132. The number of amides is 1. The van der Waals surface area contributed by atoms with E-state index in [1.165, 1.54) is 17.4 Å². The molecule has 1 aliphatic rings. The van der Waals surface area contributed by atoms with Crippen LogP contribution in [0.5, 0.6) is 0 Å². The van der Waals surface area contributed by atoms with E-state index in [9.17, 15) is 14.0 Å². The van der Waals surface area contributed by atoms with Crippen LogP contribution < -0.4 is 5.32 Å². The van der Waals surface area contributed by atoms with E-state index < -0.39 is 5.82 Å². The zero-order valence-corrected chi connectivity index (χ0v) is 18.3. The lowest BCUT2D eigenvalue weighted by molar-refractivity contribution is -0.135. The van der Waals surface area contributed by atoms with Crippen LogP contribution >= 0.6 is 11.3 Å². The largest absolute Gasteiger partial charge is 0.348 e. The number of carbonyl (C=O) groups is 2. The SMILES string of the molecule is CC(=O)N1CC(CCCC(=O)c2nc(N[C@@H](C)c3cncc(F)c3)nc3ccsc23)C1. The van der Waals surface area contributed by atoms with E-state index >= 15 is 0 Å². The first-order valence-corrected chi connectivity index (χ1v) is 11.2. The number of nitrogens with zero attached hydrogens (tertiary/aromatic N) is 4. The van der Waals surface area contributed by atoms with Gasteiger partial charge in [-0.1, -0.05) is 0 Å². The summed E-state index contributed by atoms with van der Waals surface area (Å²) in [7, 11) is 0. The van der Waals surface area contributed by atoms with Crippen LogP contribution in [0, 0.1) is 11.7 Å². The molecule has 4 heterocycles. The molecule has 0 aromatic carbocycles. The zero-order chi connectivity index (χ0) is 22.0. The lowest BCUT2D eigenvalue weighted by Gasteiger charge is -2.38. The fourth-order valence-corrected chi connectivity index (χ4v) is 4.58. The molecule has 162 valence electrons. The molecule has 0 saturated carbocycles. The van der Waals surface area contributed by atoms with Gasteiger partial charge in [-0.05, 0) is 48.8 Å². The van der Waals surface area contributed by atoms with E-state index in [1.54, 1.807) is 13.1 Å². The molecule has 1 atom stereocenters. The van der Waals surface area contributed by atoms with Crippen molar-refractivity contribution in [2.45, 2.75) is 39.2 Å². The smallest absolute Gasteiger partial charge is 0.224 e. The van der Waals surface area contributed by atoms with Gasteiger partial charge in [0, 0.05) is 32.6 Å². The number of aromatic nitrogens is 3. The van der Waals surface area contributed by atoms with Gasteiger partial charge >= 0.3 is 0 Å². The minimum Gasteiger partial charge on any atom is -0.348 e. The average molecular weight is 442 g/mol. The van der Waals surface area contributed by atoms with Gasteiger partial charge < -0.3 is 10.2 Å². The number of Topliss-reactive ketones (excluding diaryl/α,β-unsaturated/α-hetero) is 1. The third-order valence-electron chi connectivity index (χ3n) is 5.56. The summed E-state index contributed by atoms with van der Waals surface area (Å²) < 4.78 is 14.3. The first-order valence-electron chi connectivity index (χ1n) is 10.3. The Balaban J connectivity index is 1.43. The molecule has 7 nitrogen and oxygen atoms in total. The van der Waals surface area contributed by atoms with Crippen molar-refractivity contribution >= 4 is 39.2 Å². The molecule has 1 N–H and O–H groups in total. The second kappa shape index (κ2) is 9.05. The van der Waals surface area contributed by atoms with Crippen molar-refractivity contribution in [3.63, 3.8) is 0 Å². The summed E-state index contributed by atoms with van der Waals surface area (Å²) in [6.07, 6.45) is 4.83. The number of anilines is 1. The predicted molar refractivity (Wildman–Crippen MR) is 118 cm³/mol. The summed E-state index contributed by atoms with van der Waals surface area (Å²) in [5.74, 6) is 0.496. The van der Waals surface area contributed by atoms with Crippen LogP contribution in [-0.2, 0) is 4.79 Å². The first kappa shape index (κ1) is 21.3. The van der Waals surface area contributed by atoms with E-state index in [1.807, 2.05) is 23.3 Å². The highest BCUT2D eigenvalue weighted by Crippen LogP contribution is 2.27. The Kier molecular flexibility index (Phi) is 6.22. The van der Waals surface area contributed by atoms with Crippen LogP contribution in [0.15, 0.2) is 29.9 Å². The number of pyridine rings is 1. The molecule has 0 aliphatic carbocycles. The maximum Gasteiger partial charge on any atom is 0.224 e. The molecule has 1 saturated heterocycles. The Hall–Kier alpha value is -2.94. The normalized spacial score (nSPS) is 15.0. The van der Waals surface area contributed by atoms with Gasteiger partial charge in [-0.15, -0.1) is 11.3 Å². The Bertz CT molecular complexity index is 1110. The number of rotatable bonds is 8. The van der Waals surface area contributed by atoms with Gasteiger partial charge in [0.2, 0.25) is 11.9 Å². The maximum atomic E-state index is 13.5.